The molecule has 16 heavy (non-hydrogen) atoms. The Balaban J connectivity index is 2.01. The lowest BCUT2D eigenvalue weighted by Gasteiger charge is -2.27. The van der Waals surface area contributed by atoms with Crippen molar-refractivity contribution >= 4 is 23.3 Å². The van der Waals surface area contributed by atoms with Crippen LogP contribution in [0.3, 0.4) is 0 Å². The Bertz CT molecular complexity index is 408. The van der Waals surface area contributed by atoms with E-state index in [0.717, 1.165) is 11.4 Å². The van der Waals surface area contributed by atoms with E-state index in [1.165, 1.54) is 6.92 Å². The fourth-order valence-corrected chi connectivity index (χ4v) is 1.66. The molecule has 0 aliphatic carbocycles. The lowest BCUT2D eigenvalue weighted by atomic mass is 10.2. The zero-order valence-electron chi connectivity index (χ0n) is 8.83. The molecule has 1 aliphatic heterocycles. The summed E-state index contributed by atoms with van der Waals surface area (Å²) in [7, 11) is 0. The van der Waals surface area contributed by atoms with E-state index < -0.39 is 0 Å². The van der Waals surface area contributed by atoms with E-state index in [4.69, 9.17) is 21.1 Å². The molecule has 86 valence electrons. The van der Waals surface area contributed by atoms with E-state index >= 15 is 0 Å². The maximum Gasteiger partial charge on any atom is 0.302 e. The number of halogens is 1. The van der Waals surface area contributed by atoms with Gasteiger partial charge >= 0.3 is 5.97 Å². The molecule has 0 saturated carbocycles. The third kappa shape index (κ3) is 2.58. The lowest BCUT2D eigenvalue weighted by molar-refractivity contribution is -0.141. The Morgan fingerprint density at radius 3 is 3.25 bits per heavy atom. The zero-order chi connectivity index (χ0) is 11.5. The summed E-state index contributed by atoms with van der Waals surface area (Å²) < 4.78 is 10.4. The van der Waals surface area contributed by atoms with Gasteiger partial charge in [-0.15, -0.1) is 0 Å². The van der Waals surface area contributed by atoms with E-state index in [1.807, 2.05) is 6.07 Å². The van der Waals surface area contributed by atoms with Crippen LogP contribution in [0.1, 0.15) is 6.92 Å². The molecule has 0 aromatic heterocycles. The van der Waals surface area contributed by atoms with Crippen molar-refractivity contribution in [3.8, 4) is 5.75 Å². The Morgan fingerprint density at radius 2 is 2.50 bits per heavy atom. The highest BCUT2D eigenvalue weighted by atomic mass is 35.5. The van der Waals surface area contributed by atoms with Crippen LogP contribution in [-0.4, -0.2) is 25.2 Å². The van der Waals surface area contributed by atoms with Gasteiger partial charge < -0.3 is 14.8 Å². The molecule has 0 fully saturated rings. The average molecular weight is 242 g/mol. The number of rotatable bonds is 2. The van der Waals surface area contributed by atoms with Crippen molar-refractivity contribution in [3.05, 3.63) is 23.2 Å². The molecule has 1 atom stereocenters. The summed E-state index contributed by atoms with van der Waals surface area (Å²) in [5.74, 6) is 0.440. The molecule has 1 heterocycles. The van der Waals surface area contributed by atoms with Crippen LogP contribution in [0.5, 0.6) is 5.75 Å². The number of ether oxygens (including phenoxy) is 2. The molecule has 4 nitrogen and oxygen atoms in total. The molecule has 2 rings (SSSR count). The number of benzene rings is 1. The van der Waals surface area contributed by atoms with Gasteiger partial charge in [0.25, 0.3) is 0 Å². The highest BCUT2D eigenvalue weighted by Gasteiger charge is 2.19. The van der Waals surface area contributed by atoms with Gasteiger partial charge in [-0.3, -0.25) is 4.79 Å². The van der Waals surface area contributed by atoms with Crippen LogP contribution in [-0.2, 0) is 9.53 Å². The molecule has 0 amide bonds. The SMILES string of the molecule is CC(=O)OCC1COc2cc(Cl)ccc2N1. The van der Waals surface area contributed by atoms with E-state index in [2.05, 4.69) is 5.32 Å². The number of nitrogens with one attached hydrogen (secondary N) is 1. The monoisotopic (exact) mass is 241 g/mol. The Kier molecular flexibility index (Phi) is 3.19. The van der Waals surface area contributed by atoms with E-state index in [0.29, 0.717) is 18.2 Å². The summed E-state index contributed by atoms with van der Waals surface area (Å²) in [6, 6.07) is 5.37. The first-order chi connectivity index (χ1) is 7.65. The van der Waals surface area contributed by atoms with Crippen molar-refractivity contribution in [2.75, 3.05) is 18.5 Å². The second-order valence-electron chi connectivity index (χ2n) is 3.60. The largest absolute Gasteiger partial charge is 0.489 e. The number of carbonyl (C=O) groups excluding carboxylic acids is 1. The highest BCUT2D eigenvalue weighted by Crippen LogP contribution is 2.31. The van der Waals surface area contributed by atoms with Crippen molar-refractivity contribution in [3.63, 3.8) is 0 Å². The van der Waals surface area contributed by atoms with Crippen LogP contribution >= 0.6 is 11.6 Å². The summed E-state index contributed by atoms with van der Waals surface area (Å²) in [4.78, 5) is 10.7. The summed E-state index contributed by atoms with van der Waals surface area (Å²) in [5, 5.41) is 3.86. The molecule has 5 heteroatoms. The molecule has 1 N–H and O–H groups in total. The van der Waals surface area contributed by atoms with Gasteiger partial charge in [-0.05, 0) is 12.1 Å². The zero-order valence-corrected chi connectivity index (χ0v) is 9.58. The molecular formula is C11H12ClNO3. The van der Waals surface area contributed by atoms with E-state index in [1.54, 1.807) is 12.1 Å². The van der Waals surface area contributed by atoms with E-state index in [9.17, 15) is 4.79 Å². The van der Waals surface area contributed by atoms with Gasteiger partial charge in [0.1, 0.15) is 19.0 Å². The predicted molar refractivity (Wildman–Crippen MR) is 61.0 cm³/mol. The Morgan fingerprint density at radius 1 is 1.69 bits per heavy atom. The summed E-state index contributed by atoms with van der Waals surface area (Å²) in [6.45, 7) is 2.15. The second-order valence-corrected chi connectivity index (χ2v) is 4.03. The summed E-state index contributed by atoms with van der Waals surface area (Å²) in [6.07, 6.45) is 0. The topological polar surface area (TPSA) is 47.6 Å². The van der Waals surface area contributed by atoms with Crippen LogP contribution in [0.15, 0.2) is 18.2 Å². The molecule has 0 radical (unpaired) electrons. The Hall–Kier alpha value is -1.42. The molecule has 1 aliphatic rings. The standard InChI is InChI=1S/C11H12ClNO3/c1-7(14)15-5-9-6-16-11-4-8(12)2-3-10(11)13-9/h2-4,9,13H,5-6H2,1H3. The first kappa shape index (κ1) is 11.1. The predicted octanol–water partition coefficient (Wildman–Crippen LogP) is 2.08. The van der Waals surface area contributed by atoms with Crippen molar-refractivity contribution in [2.24, 2.45) is 0 Å². The average Bonchev–Trinajstić information content (AvgIpc) is 2.26. The van der Waals surface area contributed by atoms with Gasteiger partial charge in [0, 0.05) is 18.0 Å². The van der Waals surface area contributed by atoms with Crippen LogP contribution in [0.4, 0.5) is 5.69 Å². The fraction of sp³-hybridized carbons (Fsp3) is 0.364. The first-order valence-corrected chi connectivity index (χ1v) is 5.35. The molecule has 1 aromatic carbocycles. The second kappa shape index (κ2) is 4.61. The molecular weight excluding hydrogens is 230 g/mol. The van der Waals surface area contributed by atoms with Crippen LogP contribution in [0, 0.1) is 0 Å². The Labute approximate surface area is 98.5 Å². The molecule has 0 spiro atoms. The highest BCUT2D eigenvalue weighted by molar-refractivity contribution is 6.30. The number of carbonyl (C=O) groups is 1. The molecule has 1 aromatic rings. The van der Waals surface area contributed by atoms with Gasteiger partial charge in [-0.2, -0.15) is 0 Å². The molecule has 0 saturated heterocycles. The quantitative estimate of drug-likeness (QED) is 0.806. The van der Waals surface area contributed by atoms with Crippen molar-refractivity contribution < 1.29 is 14.3 Å². The summed E-state index contributed by atoms with van der Waals surface area (Å²) >= 11 is 5.84. The minimum absolute atomic E-state index is 0.0161. The number of anilines is 1. The minimum atomic E-state index is -0.288. The smallest absolute Gasteiger partial charge is 0.302 e. The third-order valence-corrected chi connectivity index (χ3v) is 2.47. The number of hydrogen-bond acceptors (Lipinski definition) is 4. The maximum absolute atomic E-state index is 10.7. The van der Waals surface area contributed by atoms with Crippen molar-refractivity contribution in [2.45, 2.75) is 13.0 Å². The van der Waals surface area contributed by atoms with Gasteiger partial charge in [0.2, 0.25) is 0 Å². The lowest BCUT2D eigenvalue weighted by Crippen LogP contribution is -2.35. The van der Waals surface area contributed by atoms with Gasteiger partial charge in [0.05, 0.1) is 11.7 Å². The van der Waals surface area contributed by atoms with Crippen molar-refractivity contribution in [1.29, 1.82) is 0 Å². The number of hydrogen-bond donors (Lipinski definition) is 1. The van der Waals surface area contributed by atoms with Gasteiger partial charge in [-0.1, -0.05) is 11.6 Å². The van der Waals surface area contributed by atoms with Crippen LogP contribution in [0.2, 0.25) is 5.02 Å². The molecule has 1 unspecified atom stereocenters. The summed E-state index contributed by atoms with van der Waals surface area (Å²) in [5.41, 5.74) is 0.868. The van der Waals surface area contributed by atoms with Crippen LogP contribution < -0.4 is 10.1 Å². The third-order valence-electron chi connectivity index (χ3n) is 2.23. The fourth-order valence-electron chi connectivity index (χ4n) is 1.49. The van der Waals surface area contributed by atoms with Crippen LogP contribution in [0.25, 0.3) is 0 Å². The molecule has 0 bridgehead atoms. The van der Waals surface area contributed by atoms with Gasteiger partial charge in [-0.25, -0.2) is 0 Å². The normalized spacial score (nSPS) is 18.0. The number of esters is 1. The number of fused-ring (bicyclic) bond motifs is 1. The minimum Gasteiger partial charge on any atom is -0.489 e. The van der Waals surface area contributed by atoms with Crippen molar-refractivity contribution in [1.82, 2.24) is 0 Å². The first-order valence-electron chi connectivity index (χ1n) is 4.97. The van der Waals surface area contributed by atoms with E-state index in [-0.39, 0.29) is 12.0 Å². The maximum atomic E-state index is 10.7. The van der Waals surface area contributed by atoms with Gasteiger partial charge in [0.15, 0.2) is 0 Å².